The molecule has 0 spiro atoms. The molecule has 0 aliphatic carbocycles. The lowest BCUT2D eigenvalue weighted by molar-refractivity contribution is -0.143. The van der Waals surface area contributed by atoms with Crippen molar-refractivity contribution in [1.82, 2.24) is 25.5 Å². The molecular weight excluding hydrogens is 571 g/mol. The van der Waals surface area contributed by atoms with Gasteiger partial charge in [0.15, 0.2) is 0 Å². The van der Waals surface area contributed by atoms with E-state index >= 15 is 0 Å². The van der Waals surface area contributed by atoms with Crippen LogP contribution < -0.4 is 15.4 Å². The van der Waals surface area contributed by atoms with Gasteiger partial charge in [-0.15, -0.1) is 0 Å². The number of carbonyl (C=O) groups is 4. The Bertz CT molecular complexity index is 1440. The summed E-state index contributed by atoms with van der Waals surface area (Å²) in [5.74, 6) is -1.99. The molecule has 4 rings (SSSR count). The number of rotatable bonds is 9. The number of fused-ring (bicyclic) bond motifs is 1. The molecule has 1 aromatic heterocycles. The van der Waals surface area contributed by atoms with Crippen LogP contribution in [0.25, 0.3) is 0 Å². The van der Waals surface area contributed by atoms with Gasteiger partial charge in [-0.25, -0.2) is 14.2 Å². The molecule has 3 heterocycles. The third-order valence-electron chi connectivity index (χ3n) is 7.35. The molecule has 0 radical (unpaired) electrons. The Morgan fingerprint density at radius 3 is 2.48 bits per heavy atom. The van der Waals surface area contributed by atoms with Crippen LogP contribution in [0, 0.1) is 11.2 Å². The standard InChI is InChI=1S/C31H39FN6O6/c1-29(2,3)44-28(42)35-30(4,5)26(40)34-23(18-43-22-14-21(32)16-33-17-22)25(39)38-13-12-24-31(19-38,27(41)37(6)36-24)15-20-10-8-7-9-11-20/h7-11,14,16-17,23H,12-13,15,18-19H2,1-6H3,(H,34,40)(H,35,42)/t23-,31-/m1/s1. The summed E-state index contributed by atoms with van der Waals surface area (Å²) in [6.07, 6.45) is 2.19. The zero-order valence-electron chi connectivity index (χ0n) is 25.8. The molecule has 4 amide bonds. The zero-order valence-corrected chi connectivity index (χ0v) is 25.8. The number of benzene rings is 1. The van der Waals surface area contributed by atoms with E-state index in [4.69, 9.17) is 9.47 Å². The Kier molecular flexibility index (Phi) is 9.26. The third-order valence-corrected chi connectivity index (χ3v) is 7.35. The predicted octanol–water partition coefficient (Wildman–Crippen LogP) is 2.68. The van der Waals surface area contributed by atoms with Crippen LogP contribution in [0.3, 0.4) is 0 Å². The molecule has 2 aromatic rings. The van der Waals surface area contributed by atoms with Gasteiger partial charge in [0.25, 0.3) is 5.91 Å². The van der Waals surface area contributed by atoms with Crippen molar-refractivity contribution in [3.05, 3.63) is 60.2 Å². The molecule has 2 atom stereocenters. The molecule has 2 aliphatic heterocycles. The highest BCUT2D eigenvalue weighted by molar-refractivity contribution is 6.13. The molecule has 0 saturated carbocycles. The van der Waals surface area contributed by atoms with Gasteiger partial charge in [-0.05, 0) is 46.6 Å². The highest BCUT2D eigenvalue weighted by Crippen LogP contribution is 2.38. The fraction of sp³-hybridized carbons (Fsp3) is 0.484. The number of hydrogen-bond acceptors (Lipinski definition) is 8. The third kappa shape index (κ3) is 7.50. The Labute approximate surface area is 256 Å². The van der Waals surface area contributed by atoms with Crippen LogP contribution in [0.2, 0.25) is 0 Å². The molecule has 0 bridgehead atoms. The van der Waals surface area contributed by atoms with Crippen molar-refractivity contribution in [2.75, 3.05) is 26.7 Å². The second-order valence-electron chi connectivity index (χ2n) is 12.6. The fourth-order valence-electron chi connectivity index (χ4n) is 5.22. The average molecular weight is 611 g/mol. The highest BCUT2D eigenvalue weighted by Gasteiger charge is 2.54. The fourth-order valence-corrected chi connectivity index (χ4v) is 5.22. The lowest BCUT2D eigenvalue weighted by Gasteiger charge is -2.41. The van der Waals surface area contributed by atoms with E-state index in [1.165, 1.54) is 30.0 Å². The molecule has 2 N–H and O–H groups in total. The van der Waals surface area contributed by atoms with Crippen LogP contribution in [0.15, 0.2) is 53.9 Å². The van der Waals surface area contributed by atoms with Gasteiger partial charge in [0.05, 0.1) is 18.1 Å². The van der Waals surface area contributed by atoms with Crippen molar-refractivity contribution < 1.29 is 33.0 Å². The number of aromatic nitrogens is 1. The lowest BCUT2D eigenvalue weighted by Crippen LogP contribution is -2.63. The Hall–Kier alpha value is -4.55. The highest BCUT2D eigenvalue weighted by atomic mass is 19.1. The van der Waals surface area contributed by atoms with Crippen LogP contribution in [-0.4, -0.2) is 88.3 Å². The van der Waals surface area contributed by atoms with Gasteiger partial charge < -0.3 is 25.0 Å². The van der Waals surface area contributed by atoms with E-state index in [9.17, 15) is 23.6 Å². The summed E-state index contributed by atoms with van der Waals surface area (Å²) in [7, 11) is 1.59. The molecule has 1 fully saturated rings. The smallest absolute Gasteiger partial charge is 0.408 e. The maximum atomic E-state index is 14.1. The van der Waals surface area contributed by atoms with Crippen LogP contribution in [0.5, 0.6) is 5.75 Å². The molecule has 1 aromatic carbocycles. The number of hydrogen-bond donors (Lipinski definition) is 2. The monoisotopic (exact) mass is 610 g/mol. The molecule has 2 aliphatic rings. The first kappa shape index (κ1) is 32.4. The Morgan fingerprint density at radius 1 is 1.11 bits per heavy atom. The van der Waals surface area contributed by atoms with E-state index in [0.717, 1.165) is 17.8 Å². The quantitative estimate of drug-likeness (QED) is 0.445. The van der Waals surface area contributed by atoms with E-state index in [1.807, 2.05) is 30.3 Å². The minimum atomic E-state index is -1.48. The number of alkyl carbamates (subject to hydrolysis) is 1. The van der Waals surface area contributed by atoms with Gasteiger partial charge in [0.1, 0.15) is 40.8 Å². The van der Waals surface area contributed by atoms with Gasteiger partial charge in [-0.3, -0.25) is 19.4 Å². The first-order valence-corrected chi connectivity index (χ1v) is 14.3. The number of amides is 4. The number of pyridine rings is 1. The van der Waals surface area contributed by atoms with Crippen LogP contribution in [0.4, 0.5) is 9.18 Å². The van der Waals surface area contributed by atoms with Gasteiger partial charge in [-0.2, -0.15) is 5.10 Å². The van der Waals surface area contributed by atoms with Crippen molar-refractivity contribution >= 4 is 29.5 Å². The van der Waals surface area contributed by atoms with Crippen LogP contribution in [0.1, 0.15) is 46.6 Å². The summed E-state index contributed by atoms with van der Waals surface area (Å²) in [4.78, 5) is 58.8. The molecular formula is C31H39FN6O6. The lowest BCUT2D eigenvalue weighted by atomic mass is 9.73. The summed E-state index contributed by atoms with van der Waals surface area (Å²) in [5.41, 5.74) is -1.73. The summed E-state index contributed by atoms with van der Waals surface area (Å²) in [6, 6.07) is 9.34. The number of ether oxygens (including phenoxy) is 2. The van der Waals surface area contributed by atoms with Gasteiger partial charge in [0.2, 0.25) is 11.8 Å². The van der Waals surface area contributed by atoms with Gasteiger partial charge in [-0.1, -0.05) is 30.3 Å². The normalized spacial score (nSPS) is 19.1. The number of nitrogens with zero attached hydrogens (tertiary/aromatic N) is 4. The van der Waals surface area contributed by atoms with Gasteiger partial charge >= 0.3 is 6.09 Å². The van der Waals surface area contributed by atoms with Crippen LogP contribution >= 0.6 is 0 Å². The summed E-state index contributed by atoms with van der Waals surface area (Å²) >= 11 is 0. The van der Waals surface area contributed by atoms with E-state index in [1.54, 1.807) is 27.8 Å². The van der Waals surface area contributed by atoms with Crippen molar-refractivity contribution in [1.29, 1.82) is 0 Å². The van der Waals surface area contributed by atoms with E-state index < -0.39 is 46.3 Å². The van der Waals surface area contributed by atoms with Crippen molar-refractivity contribution in [3.8, 4) is 5.75 Å². The number of nitrogens with one attached hydrogen (secondary N) is 2. The summed E-state index contributed by atoms with van der Waals surface area (Å²) in [5, 5.41) is 11.0. The Morgan fingerprint density at radius 2 is 1.82 bits per heavy atom. The predicted molar refractivity (Wildman–Crippen MR) is 159 cm³/mol. The number of carbonyl (C=O) groups excluding carboxylic acids is 4. The molecule has 236 valence electrons. The summed E-state index contributed by atoms with van der Waals surface area (Å²) in [6.45, 7) is 7.94. The number of piperidine rings is 1. The molecule has 12 nitrogen and oxygen atoms in total. The second kappa shape index (κ2) is 12.6. The number of halogens is 1. The van der Waals surface area contributed by atoms with Crippen molar-refractivity contribution in [3.63, 3.8) is 0 Å². The van der Waals surface area contributed by atoms with E-state index in [2.05, 4.69) is 20.7 Å². The summed E-state index contributed by atoms with van der Waals surface area (Å²) < 4.78 is 24.8. The largest absolute Gasteiger partial charge is 0.489 e. The first-order chi connectivity index (χ1) is 20.6. The van der Waals surface area contributed by atoms with Gasteiger partial charge in [0, 0.05) is 32.6 Å². The molecule has 13 heteroatoms. The molecule has 1 saturated heterocycles. The second-order valence-corrected chi connectivity index (χ2v) is 12.6. The SMILES string of the molecule is CN1N=C2CCN(C(=O)[C@@H](COc3cncc(F)c3)NC(=O)C(C)(C)NC(=O)OC(C)(C)C)C[C@@]2(Cc2ccccc2)C1=O. The maximum absolute atomic E-state index is 14.1. The topological polar surface area (TPSA) is 143 Å². The van der Waals surface area contributed by atoms with E-state index in [0.29, 0.717) is 18.6 Å². The Balaban J connectivity index is 1.57. The first-order valence-electron chi connectivity index (χ1n) is 14.3. The molecule has 0 unspecified atom stereocenters. The number of likely N-dealkylation sites (tertiary alicyclic amines) is 1. The maximum Gasteiger partial charge on any atom is 0.408 e. The number of hydrazone groups is 1. The van der Waals surface area contributed by atoms with Crippen molar-refractivity contribution in [2.24, 2.45) is 10.5 Å². The zero-order chi connectivity index (χ0) is 32.3. The van der Waals surface area contributed by atoms with E-state index in [-0.39, 0.29) is 31.4 Å². The minimum Gasteiger partial charge on any atom is -0.489 e. The minimum absolute atomic E-state index is 0.0379. The average Bonchev–Trinajstić information content (AvgIpc) is 3.18. The molecule has 44 heavy (non-hydrogen) atoms. The van der Waals surface area contributed by atoms with Crippen LogP contribution in [-0.2, 0) is 25.5 Å². The van der Waals surface area contributed by atoms with Crippen molar-refractivity contribution in [2.45, 2.75) is 64.6 Å².